The second-order valence-corrected chi connectivity index (χ2v) is 8.85. The normalized spacial score (nSPS) is 11.6. The highest BCUT2D eigenvalue weighted by Gasteiger charge is 2.23. The lowest BCUT2D eigenvalue weighted by molar-refractivity contribution is -0.675. The van der Waals surface area contributed by atoms with E-state index in [1.807, 2.05) is 42.5 Å². The summed E-state index contributed by atoms with van der Waals surface area (Å²) in [6.07, 6.45) is 1.84. The van der Waals surface area contributed by atoms with E-state index in [-0.39, 0.29) is 5.91 Å². The van der Waals surface area contributed by atoms with E-state index < -0.39 is 12.0 Å². The molecular weight excluding hydrogens is 448 g/mol. The van der Waals surface area contributed by atoms with Crippen molar-refractivity contribution < 1.29 is 19.3 Å². The molecule has 1 heterocycles. The first-order valence-corrected chi connectivity index (χ1v) is 12.3. The number of carbonyl (C=O) groups is 2. The van der Waals surface area contributed by atoms with E-state index in [4.69, 9.17) is 0 Å². The van der Waals surface area contributed by atoms with Gasteiger partial charge < -0.3 is 10.4 Å². The molecule has 0 radical (unpaired) electrons. The van der Waals surface area contributed by atoms with Crippen LogP contribution >= 0.6 is 0 Å². The number of carboxylic acid groups (broad SMARTS) is 1. The maximum absolute atomic E-state index is 11.5. The van der Waals surface area contributed by atoms with Crippen molar-refractivity contribution in [3.8, 4) is 33.6 Å². The Bertz CT molecular complexity index is 1250. The second kappa shape index (κ2) is 11.9. The summed E-state index contributed by atoms with van der Waals surface area (Å²) in [6, 6.07) is 34.6. The first-order chi connectivity index (χ1) is 17.5. The number of hydrogen-bond acceptors (Lipinski definition) is 2. The molecule has 0 spiro atoms. The van der Waals surface area contributed by atoms with Gasteiger partial charge in [0.25, 0.3) is 0 Å². The molecule has 3 aromatic carbocycles. The minimum Gasteiger partial charge on any atom is -0.480 e. The average Bonchev–Trinajstić information content (AvgIpc) is 2.91. The number of nitrogens with zero attached hydrogens (tertiary/aromatic N) is 1. The summed E-state index contributed by atoms with van der Waals surface area (Å²) in [5.74, 6) is -1.33. The third-order valence-electron chi connectivity index (χ3n) is 6.21. The molecule has 2 N–H and O–H groups in total. The molecule has 1 aromatic heterocycles. The summed E-state index contributed by atoms with van der Waals surface area (Å²) in [5, 5.41) is 12.0. The van der Waals surface area contributed by atoms with E-state index in [0.717, 1.165) is 46.6 Å². The second-order valence-electron chi connectivity index (χ2n) is 8.85. The minimum absolute atomic E-state index is 0.328. The van der Waals surface area contributed by atoms with Crippen LogP contribution in [0.1, 0.15) is 26.2 Å². The van der Waals surface area contributed by atoms with Gasteiger partial charge in [0.2, 0.25) is 17.3 Å². The summed E-state index contributed by atoms with van der Waals surface area (Å²) in [5.41, 5.74) is 6.74. The summed E-state index contributed by atoms with van der Waals surface area (Å²) in [6.45, 7) is 2.06. The number of hydrogen-bond donors (Lipinski definition) is 2. The fraction of sp³-hybridized carbons (Fsp3) is 0.194. The molecule has 0 fully saturated rings. The summed E-state index contributed by atoms with van der Waals surface area (Å²) < 4.78 is 2.32. The van der Waals surface area contributed by atoms with Crippen LogP contribution in [0.2, 0.25) is 0 Å². The molecule has 1 atom stereocenters. The fourth-order valence-electron chi connectivity index (χ4n) is 4.48. The van der Waals surface area contributed by atoms with Crippen LogP contribution in [-0.4, -0.2) is 23.0 Å². The quantitative estimate of drug-likeness (QED) is 0.225. The number of aliphatic carboxylic acids is 1. The standard InChI is InChI=1S/C31H30N2O3/c1-23(34)32-28(31(35)36)19-11-12-20-33-29(25-15-7-3-8-16-25)21-27(24-13-5-2-6-14-24)22-30(33)26-17-9-4-10-18-26/h2-10,13-18,21-22,28H,11-12,19-20H2,1H3,(H-,32,34,35,36)/p+1/t28-/m0/s1. The van der Waals surface area contributed by atoms with E-state index in [2.05, 4.69) is 70.5 Å². The highest BCUT2D eigenvalue weighted by Crippen LogP contribution is 2.29. The average molecular weight is 480 g/mol. The molecule has 36 heavy (non-hydrogen) atoms. The van der Waals surface area contributed by atoms with E-state index in [0.29, 0.717) is 12.8 Å². The first-order valence-electron chi connectivity index (χ1n) is 12.3. The van der Waals surface area contributed by atoms with Crippen molar-refractivity contribution in [1.82, 2.24) is 5.32 Å². The zero-order valence-corrected chi connectivity index (χ0v) is 20.4. The van der Waals surface area contributed by atoms with Crippen molar-refractivity contribution in [3.63, 3.8) is 0 Å². The fourth-order valence-corrected chi connectivity index (χ4v) is 4.48. The van der Waals surface area contributed by atoms with Gasteiger partial charge in [-0.2, -0.15) is 4.57 Å². The zero-order chi connectivity index (χ0) is 25.3. The highest BCUT2D eigenvalue weighted by molar-refractivity contribution is 5.82. The lowest BCUT2D eigenvalue weighted by Crippen LogP contribution is -2.41. The Kier molecular flexibility index (Phi) is 8.24. The first kappa shape index (κ1) is 24.9. The number of pyridine rings is 1. The van der Waals surface area contributed by atoms with Crippen LogP contribution in [0.5, 0.6) is 0 Å². The summed E-state index contributed by atoms with van der Waals surface area (Å²) in [4.78, 5) is 22.9. The molecule has 0 aliphatic heterocycles. The zero-order valence-electron chi connectivity index (χ0n) is 20.4. The highest BCUT2D eigenvalue weighted by atomic mass is 16.4. The van der Waals surface area contributed by atoms with Crippen molar-refractivity contribution in [2.45, 2.75) is 38.8 Å². The van der Waals surface area contributed by atoms with E-state index in [1.165, 1.54) is 6.92 Å². The molecule has 4 aromatic rings. The smallest absolute Gasteiger partial charge is 0.326 e. The van der Waals surface area contributed by atoms with Crippen molar-refractivity contribution in [1.29, 1.82) is 0 Å². The molecule has 0 bridgehead atoms. The van der Waals surface area contributed by atoms with E-state index >= 15 is 0 Å². The van der Waals surface area contributed by atoms with Crippen LogP contribution in [-0.2, 0) is 16.1 Å². The van der Waals surface area contributed by atoms with Crippen molar-refractivity contribution in [2.24, 2.45) is 0 Å². The Balaban J connectivity index is 1.73. The molecule has 4 rings (SSSR count). The third kappa shape index (κ3) is 6.25. The van der Waals surface area contributed by atoms with Crippen LogP contribution < -0.4 is 9.88 Å². The molecule has 0 saturated heterocycles. The number of unbranched alkanes of at least 4 members (excludes halogenated alkanes) is 1. The van der Waals surface area contributed by atoms with Gasteiger partial charge in [0.15, 0.2) is 0 Å². The van der Waals surface area contributed by atoms with Gasteiger partial charge in [0, 0.05) is 36.6 Å². The summed E-state index contributed by atoms with van der Waals surface area (Å²) >= 11 is 0. The van der Waals surface area contributed by atoms with E-state index in [1.54, 1.807) is 0 Å². The Morgan fingerprint density at radius 2 is 1.19 bits per heavy atom. The topological polar surface area (TPSA) is 70.3 Å². The molecule has 0 aliphatic rings. The lowest BCUT2D eigenvalue weighted by Gasteiger charge is -2.14. The summed E-state index contributed by atoms with van der Waals surface area (Å²) in [7, 11) is 0. The van der Waals surface area contributed by atoms with Gasteiger partial charge in [0.05, 0.1) is 0 Å². The molecule has 0 aliphatic carbocycles. The van der Waals surface area contributed by atoms with Gasteiger partial charge in [-0.3, -0.25) is 4.79 Å². The van der Waals surface area contributed by atoms with Crippen LogP contribution in [0.4, 0.5) is 0 Å². The number of carboxylic acids is 1. The number of nitrogens with one attached hydrogen (secondary N) is 1. The monoisotopic (exact) mass is 479 g/mol. The van der Waals surface area contributed by atoms with Crippen molar-refractivity contribution in [2.75, 3.05) is 0 Å². The van der Waals surface area contributed by atoms with E-state index in [9.17, 15) is 14.7 Å². The van der Waals surface area contributed by atoms with Crippen LogP contribution in [0.25, 0.3) is 33.6 Å². The number of carbonyl (C=O) groups excluding carboxylic acids is 1. The van der Waals surface area contributed by atoms with Gasteiger partial charge >= 0.3 is 5.97 Å². The largest absolute Gasteiger partial charge is 0.480 e. The Morgan fingerprint density at radius 3 is 1.64 bits per heavy atom. The maximum atomic E-state index is 11.5. The lowest BCUT2D eigenvalue weighted by atomic mass is 9.98. The van der Waals surface area contributed by atoms with Crippen molar-refractivity contribution >= 4 is 11.9 Å². The Morgan fingerprint density at radius 1 is 0.722 bits per heavy atom. The number of aromatic nitrogens is 1. The van der Waals surface area contributed by atoms with Gasteiger partial charge in [-0.05, 0) is 48.2 Å². The predicted molar refractivity (Wildman–Crippen MR) is 142 cm³/mol. The van der Waals surface area contributed by atoms with Gasteiger partial charge in [-0.1, -0.05) is 66.7 Å². The van der Waals surface area contributed by atoms with Gasteiger partial charge in [-0.25, -0.2) is 4.79 Å². The van der Waals surface area contributed by atoms with Crippen LogP contribution in [0.15, 0.2) is 103 Å². The van der Waals surface area contributed by atoms with Gasteiger partial charge in [-0.15, -0.1) is 0 Å². The molecule has 5 heteroatoms. The van der Waals surface area contributed by atoms with Crippen LogP contribution in [0.3, 0.4) is 0 Å². The molecule has 0 saturated carbocycles. The van der Waals surface area contributed by atoms with Crippen molar-refractivity contribution in [3.05, 3.63) is 103 Å². The minimum atomic E-state index is -1.000. The molecule has 0 unspecified atom stereocenters. The molecule has 182 valence electrons. The molecule has 1 amide bonds. The Hall–Kier alpha value is -4.25. The number of rotatable bonds is 10. The molecular formula is C31H31N2O3+. The number of benzene rings is 3. The Labute approximate surface area is 212 Å². The number of amides is 1. The molecule has 5 nitrogen and oxygen atoms in total. The maximum Gasteiger partial charge on any atom is 0.326 e. The third-order valence-corrected chi connectivity index (χ3v) is 6.21. The van der Waals surface area contributed by atoms with Gasteiger partial charge in [0.1, 0.15) is 12.6 Å². The predicted octanol–water partition coefficient (Wildman–Crippen LogP) is 5.73. The van der Waals surface area contributed by atoms with Crippen LogP contribution in [0, 0.1) is 0 Å². The SMILES string of the molecule is CC(=O)N[C@@H](CCCC[n+]1c(-c2ccccc2)cc(-c2ccccc2)cc1-c1ccccc1)C(=O)O.